The molecule has 128 valence electrons. The van der Waals surface area contributed by atoms with Gasteiger partial charge in [-0.3, -0.25) is 9.69 Å². The Balaban J connectivity index is 1.91. The molecule has 1 heterocycles. The van der Waals surface area contributed by atoms with Crippen LogP contribution in [0.1, 0.15) is 24.0 Å². The quantitative estimate of drug-likeness (QED) is 0.869. The molecule has 23 heavy (non-hydrogen) atoms. The van der Waals surface area contributed by atoms with Gasteiger partial charge >= 0.3 is 6.18 Å². The van der Waals surface area contributed by atoms with E-state index in [1.165, 1.54) is 12.1 Å². The molecule has 1 amide bonds. The van der Waals surface area contributed by atoms with Gasteiger partial charge < -0.3 is 11.1 Å². The molecule has 3 N–H and O–H groups in total. The molecule has 1 saturated heterocycles. The van der Waals surface area contributed by atoms with Crippen LogP contribution >= 0.6 is 0 Å². The summed E-state index contributed by atoms with van der Waals surface area (Å²) in [5.41, 5.74) is 5.55. The van der Waals surface area contributed by atoms with E-state index in [0.717, 1.165) is 37.1 Å². The van der Waals surface area contributed by atoms with E-state index >= 15 is 0 Å². The predicted molar refractivity (Wildman–Crippen MR) is 81.5 cm³/mol. The van der Waals surface area contributed by atoms with Gasteiger partial charge in [0.25, 0.3) is 0 Å². The van der Waals surface area contributed by atoms with E-state index in [1.54, 1.807) is 0 Å². The highest BCUT2D eigenvalue weighted by Gasteiger charge is 2.30. The zero-order valence-corrected chi connectivity index (χ0v) is 12.9. The number of carbonyl (C=O) groups is 1. The van der Waals surface area contributed by atoms with Gasteiger partial charge in [-0.2, -0.15) is 13.2 Å². The van der Waals surface area contributed by atoms with Crippen molar-refractivity contribution in [3.63, 3.8) is 0 Å². The lowest BCUT2D eigenvalue weighted by Crippen LogP contribution is -2.43. The number of likely N-dealkylation sites (tertiary alicyclic amines) is 1. The second-order valence-corrected chi connectivity index (χ2v) is 5.85. The number of halogens is 3. The molecule has 1 fully saturated rings. The van der Waals surface area contributed by atoms with Crippen LogP contribution in [0, 0.1) is 5.92 Å². The van der Waals surface area contributed by atoms with E-state index in [-0.39, 0.29) is 11.8 Å². The van der Waals surface area contributed by atoms with Gasteiger partial charge in [0.15, 0.2) is 0 Å². The highest BCUT2D eigenvalue weighted by molar-refractivity contribution is 5.78. The monoisotopic (exact) mass is 329 g/mol. The number of hydrogen-bond donors (Lipinski definition) is 2. The number of benzene rings is 1. The molecule has 1 aromatic carbocycles. The Morgan fingerprint density at radius 2 is 2.00 bits per heavy atom. The van der Waals surface area contributed by atoms with E-state index in [9.17, 15) is 18.0 Å². The molecular weight excluding hydrogens is 307 g/mol. The van der Waals surface area contributed by atoms with Crippen molar-refractivity contribution in [2.24, 2.45) is 11.7 Å². The van der Waals surface area contributed by atoms with Gasteiger partial charge in [-0.15, -0.1) is 0 Å². The van der Waals surface area contributed by atoms with Gasteiger partial charge in [0, 0.05) is 26.2 Å². The second kappa shape index (κ2) is 7.79. The first-order chi connectivity index (χ1) is 10.9. The van der Waals surface area contributed by atoms with Crippen molar-refractivity contribution in [3.8, 4) is 0 Å². The van der Waals surface area contributed by atoms with Crippen LogP contribution < -0.4 is 11.1 Å². The highest BCUT2D eigenvalue weighted by Crippen LogP contribution is 2.29. The number of nitrogens with zero attached hydrogens (tertiary/aromatic N) is 1. The minimum absolute atomic E-state index is 0.00701. The molecule has 0 aromatic heterocycles. The number of alkyl halides is 3. The van der Waals surface area contributed by atoms with Crippen LogP contribution in [0.2, 0.25) is 0 Å². The Kier molecular flexibility index (Phi) is 6.01. The fourth-order valence-electron chi connectivity index (χ4n) is 2.81. The van der Waals surface area contributed by atoms with Crippen molar-refractivity contribution in [3.05, 3.63) is 35.4 Å². The molecule has 0 saturated carbocycles. The molecule has 0 bridgehead atoms. The minimum atomic E-state index is -4.31. The summed E-state index contributed by atoms with van der Waals surface area (Å²) >= 11 is 0. The lowest BCUT2D eigenvalue weighted by Gasteiger charge is -2.32. The van der Waals surface area contributed by atoms with Crippen LogP contribution in [0.5, 0.6) is 0 Å². The summed E-state index contributed by atoms with van der Waals surface area (Å²) in [6, 6.07) is 5.21. The molecule has 4 nitrogen and oxygen atoms in total. The van der Waals surface area contributed by atoms with Crippen molar-refractivity contribution < 1.29 is 18.0 Å². The maximum absolute atomic E-state index is 12.6. The predicted octanol–water partition coefficient (Wildman–Crippen LogP) is 1.99. The van der Waals surface area contributed by atoms with E-state index in [4.69, 9.17) is 5.73 Å². The van der Waals surface area contributed by atoms with Crippen LogP contribution in [0.25, 0.3) is 0 Å². The third kappa shape index (κ3) is 5.21. The zero-order chi connectivity index (χ0) is 16.9. The summed E-state index contributed by atoms with van der Waals surface area (Å²) < 4.78 is 37.7. The molecule has 1 atom stereocenters. The Morgan fingerprint density at radius 1 is 1.30 bits per heavy atom. The summed E-state index contributed by atoms with van der Waals surface area (Å²) in [4.78, 5) is 14.1. The molecule has 1 unspecified atom stereocenters. The number of rotatable bonds is 5. The Labute approximate surface area is 133 Å². The van der Waals surface area contributed by atoms with Crippen LogP contribution in [0.4, 0.5) is 13.2 Å². The molecule has 7 heteroatoms. The van der Waals surface area contributed by atoms with E-state index in [0.29, 0.717) is 26.2 Å². The van der Waals surface area contributed by atoms with Gasteiger partial charge in [0.2, 0.25) is 5.91 Å². The number of piperidine rings is 1. The highest BCUT2D eigenvalue weighted by atomic mass is 19.4. The fourth-order valence-corrected chi connectivity index (χ4v) is 2.81. The summed E-state index contributed by atoms with van der Waals surface area (Å²) in [5.74, 6) is -0.0719. The third-order valence-electron chi connectivity index (χ3n) is 4.01. The topological polar surface area (TPSA) is 58.4 Å². The van der Waals surface area contributed by atoms with Gasteiger partial charge in [0.1, 0.15) is 0 Å². The SMILES string of the molecule is NCCNC(=O)C1CCCN(Cc2ccc(C(F)(F)F)cc2)C1. The summed E-state index contributed by atoms with van der Waals surface area (Å²) in [6.07, 6.45) is -2.57. The molecule has 1 aliphatic heterocycles. The van der Waals surface area contributed by atoms with E-state index < -0.39 is 11.7 Å². The standard InChI is InChI=1S/C16H22F3N3O/c17-16(18,19)14-5-3-12(4-6-14)10-22-9-1-2-13(11-22)15(23)21-8-7-20/h3-6,13H,1-2,7-11,20H2,(H,21,23). The molecule has 0 spiro atoms. The molecule has 1 aromatic rings. The summed E-state index contributed by atoms with van der Waals surface area (Å²) in [6.45, 7) is 2.90. The van der Waals surface area contributed by atoms with Gasteiger partial charge in [-0.1, -0.05) is 12.1 Å². The molecule has 2 rings (SSSR count). The first kappa shape index (κ1) is 17.7. The maximum Gasteiger partial charge on any atom is 0.416 e. The van der Waals surface area contributed by atoms with Crippen LogP contribution in [-0.2, 0) is 17.5 Å². The van der Waals surface area contributed by atoms with Crippen molar-refractivity contribution >= 4 is 5.91 Å². The Hall–Kier alpha value is -1.60. The zero-order valence-electron chi connectivity index (χ0n) is 12.9. The minimum Gasteiger partial charge on any atom is -0.355 e. The van der Waals surface area contributed by atoms with Crippen LogP contribution in [0.3, 0.4) is 0 Å². The molecule has 0 radical (unpaired) electrons. The smallest absolute Gasteiger partial charge is 0.355 e. The average Bonchev–Trinajstić information content (AvgIpc) is 2.52. The van der Waals surface area contributed by atoms with Crippen molar-refractivity contribution in [2.45, 2.75) is 25.6 Å². The number of amides is 1. The first-order valence-corrected chi connectivity index (χ1v) is 7.76. The van der Waals surface area contributed by atoms with Gasteiger partial charge in [-0.05, 0) is 37.1 Å². The third-order valence-corrected chi connectivity index (χ3v) is 4.01. The van der Waals surface area contributed by atoms with Gasteiger partial charge in [0.05, 0.1) is 11.5 Å². The average molecular weight is 329 g/mol. The lowest BCUT2D eigenvalue weighted by molar-refractivity contribution is -0.137. The molecule has 0 aliphatic carbocycles. The molecular formula is C16H22F3N3O. The van der Waals surface area contributed by atoms with Crippen LogP contribution in [0.15, 0.2) is 24.3 Å². The second-order valence-electron chi connectivity index (χ2n) is 5.85. The summed E-state index contributed by atoms with van der Waals surface area (Å²) in [5, 5.41) is 2.79. The Bertz CT molecular complexity index is 516. The fraction of sp³-hybridized carbons (Fsp3) is 0.562. The molecule has 1 aliphatic rings. The number of nitrogens with one attached hydrogen (secondary N) is 1. The Morgan fingerprint density at radius 3 is 2.61 bits per heavy atom. The van der Waals surface area contributed by atoms with Crippen molar-refractivity contribution in [2.75, 3.05) is 26.2 Å². The largest absolute Gasteiger partial charge is 0.416 e. The van der Waals surface area contributed by atoms with Crippen LogP contribution in [-0.4, -0.2) is 37.0 Å². The van der Waals surface area contributed by atoms with Crippen molar-refractivity contribution in [1.29, 1.82) is 0 Å². The van der Waals surface area contributed by atoms with Gasteiger partial charge in [-0.25, -0.2) is 0 Å². The number of hydrogen-bond acceptors (Lipinski definition) is 3. The lowest BCUT2D eigenvalue weighted by atomic mass is 9.96. The first-order valence-electron chi connectivity index (χ1n) is 7.76. The van der Waals surface area contributed by atoms with Crippen molar-refractivity contribution in [1.82, 2.24) is 10.2 Å². The van der Waals surface area contributed by atoms with E-state index in [1.807, 2.05) is 0 Å². The maximum atomic E-state index is 12.6. The summed E-state index contributed by atoms with van der Waals surface area (Å²) in [7, 11) is 0. The number of carbonyl (C=O) groups excluding carboxylic acids is 1. The number of nitrogens with two attached hydrogens (primary N) is 1. The van der Waals surface area contributed by atoms with E-state index in [2.05, 4.69) is 10.2 Å². The normalized spacial score (nSPS) is 19.6.